The van der Waals surface area contributed by atoms with Crippen molar-refractivity contribution in [1.82, 2.24) is 4.98 Å². The maximum absolute atomic E-state index is 11.0. The molecule has 0 saturated heterocycles. The summed E-state index contributed by atoms with van der Waals surface area (Å²) < 4.78 is 4.37. The molecule has 0 bridgehead atoms. The summed E-state index contributed by atoms with van der Waals surface area (Å²) in [6.07, 6.45) is 0.980. The van der Waals surface area contributed by atoms with Gasteiger partial charge in [0.05, 0.1) is 18.1 Å². The van der Waals surface area contributed by atoms with Gasteiger partial charge in [0.15, 0.2) is 5.69 Å². The van der Waals surface area contributed by atoms with E-state index in [9.17, 15) is 14.7 Å². The summed E-state index contributed by atoms with van der Waals surface area (Å²) in [5.74, 6) is -2.13. The number of esters is 1. The Morgan fingerprint density at radius 1 is 1.57 bits per heavy atom. The van der Waals surface area contributed by atoms with Gasteiger partial charge in [0.1, 0.15) is 0 Å². The molecule has 0 amide bonds. The number of halogens is 1. The van der Waals surface area contributed by atoms with Crippen molar-refractivity contribution in [2.24, 2.45) is 0 Å². The number of aromatic nitrogens is 1. The van der Waals surface area contributed by atoms with Crippen LogP contribution in [0.2, 0.25) is 5.02 Å². The van der Waals surface area contributed by atoms with E-state index in [0.29, 0.717) is 0 Å². The Morgan fingerprint density at radius 3 is 2.64 bits per heavy atom. The van der Waals surface area contributed by atoms with Crippen LogP contribution in [0.25, 0.3) is 0 Å². The molecule has 5 nitrogen and oxygen atoms in total. The monoisotopic (exact) mass is 214 g/mol. The molecular weight excluding hydrogens is 210 g/mol. The number of nitrogens with zero attached hydrogens (tertiary/aromatic N) is 1. The predicted octanol–water partition coefficient (Wildman–Crippen LogP) is -0.115. The van der Waals surface area contributed by atoms with E-state index >= 15 is 0 Å². The standard InChI is InChI=1S/C8H6ClNO4/c1-14-8(13)6-5(9)2-4(3-10-6)7(11)12/h2-3H,1H3,(H,11,12)/p-1. The number of carbonyl (C=O) groups excluding carboxylic acids is 2. The van der Waals surface area contributed by atoms with Crippen molar-refractivity contribution < 1.29 is 19.4 Å². The van der Waals surface area contributed by atoms with Crippen LogP contribution in [0.5, 0.6) is 0 Å². The minimum absolute atomic E-state index is 0.0847. The Kier molecular flexibility index (Phi) is 3.03. The average Bonchev–Trinajstić information content (AvgIpc) is 2.16. The third-order valence-electron chi connectivity index (χ3n) is 1.46. The topological polar surface area (TPSA) is 79.3 Å². The van der Waals surface area contributed by atoms with Gasteiger partial charge in [-0.25, -0.2) is 9.78 Å². The summed E-state index contributed by atoms with van der Waals surface area (Å²) in [4.78, 5) is 24.9. The van der Waals surface area contributed by atoms with Gasteiger partial charge in [-0.3, -0.25) is 0 Å². The van der Waals surface area contributed by atoms with Crippen LogP contribution >= 0.6 is 11.6 Å². The fourth-order valence-electron chi connectivity index (χ4n) is 0.796. The van der Waals surface area contributed by atoms with E-state index in [2.05, 4.69) is 9.72 Å². The van der Waals surface area contributed by atoms with Crippen LogP contribution in [0.4, 0.5) is 0 Å². The van der Waals surface area contributed by atoms with E-state index in [-0.39, 0.29) is 16.3 Å². The summed E-state index contributed by atoms with van der Waals surface area (Å²) in [6, 6.07) is 1.08. The molecule has 0 aliphatic rings. The molecule has 6 heteroatoms. The molecule has 0 N–H and O–H groups in total. The lowest BCUT2D eigenvalue weighted by Crippen LogP contribution is -2.22. The number of carboxylic acids is 1. The third kappa shape index (κ3) is 2.00. The zero-order valence-corrected chi connectivity index (χ0v) is 7.87. The number of methoxy groups -OCH3 is 1. The lowest BCUT2D eigenvalue weighted by Gasteiger charge is -2.04. The summed E-state index contributed by atoms with van der Waals surface area (Å²) in [6.45, 7) is 0. The first-order valence-electron chi connectivity index (χ1n) is 3.51. The van der Waals surface area contributed by atoms with E-state index < -0.39 is 11.9 Å². The second-order valence-electron chi connectivity index (χ2n) is 2.33. The number of hydrogen-bond acceptors (Lipinski definition) is 5. The molecule has 0 aliphatic carbocycles. The van der Waals surface area contributed by atoms with E-state index in [1.54, 1.807) is 0 Å². The van der Waals surface area contributed by atoms with E-state index in [4.69, 9.17) is 11.6 Å². The van der Waals surface area contributed by atoms with E-state index in [1.165, 1.54) is 7.11 Å². The normalized spacial score (nSPS) is 9.57. The fourth-order valence-corrected chi connectivity index (χ4v) is 1.04. The van der Waals surface area contributed by atoms with E-state index in [0.717, 1.165) is 12.3 Å². The second-order valence-corrected chi connectivity index (χ2v) is 2.74. The van der Waals surface area contributed by atoms with Gasteiger partial charge in [-0.05, 0) is 6.07 Å². The quantitative estimate of drug-likeness (QED) is 0.642. The van der Waals surface area contributed by atoms with Gasteiger partial charge < -0.3 is 14.6 Å². The number of aromatic carboxylic acids is 1. The lowest BCUT2D eigenvalue weighted by molar-refractivity contribution is -0.255. The molecule has 0 spiro atoms. The number of pyridine rings is 1. The Labute approximate surface area is 84.3 Å². The molecule has 1 heterocycles. The van der Waals surface area contributed by atoms with Crippen molar-refractivity contribution in [1.29, 1.82) is 0 Å². The van der Waals surface area contributed by atoms with Crippen LogP contribution in [0.3, 0.4) is 0 Å². The van der Waals surface area contributed by atoms with Crippen LogP contribution < -0.4 is 5.11 Å². The first-order valence-corrected chi connectivity index (χ1v) is 3.89. The van der Waals surface area contributed by atoms with Gasteiger partial charge in [-0.1, -0.05) is 11.6 Å². The Bertz CT molecular complexity index is 391. The smallest absolute Gasteiger partial charge is 0.358 e. The van der Waals surface area contributed by atoms with Gasteiger partial charge in [-0.15, -0.1) is 0 Å². The molecule has 14 heavy (non-hydrogen) atoms. The first kappa shape index (κ1) is 10.5. The first-order chi connectivity index (χ1) is 6.56. The number of rotatable bonds is 2. The molecule has 1 aromatic heterocycles. The predicted molar refractivity (Wildman–Crippen MR) is 44.9 cm³/mol. The van der Waals surface area contributed by atoms with Gasteiger partial charge in [-0.2, -0.15) is 0 Å². The zero-order chi connectivity index (χ0) is 10.7. The van der Waals surface area contributed by atoms with Crippen molar-refractivity contribution >= 4 is 23.5 Å². The number of carbonyl (C=O) groups is 2. The van der Waals surface area contributed by atoms with Gasteiger partial charge in [0.25, 0.3) is 0 Å². The summed E-state index contributed by atoms with van der Waals surface area (Å²) in [5.41, 5.74) is -0.318. The fraction of sp³-hybridized carbons (Fsp3) is 0.125. The molecule has 0 aromatic carbocycles. The Hall–Kier alpha value is -1.62. The average molecular weight is 215 g/mol. The molecule has 0 fully saturated rings. The van der Waals surface area contributed by atoms with Crippen LogP contribution in [-0.2, 0) is 4.74 Å². The van der Waals surface area contributed by atoms with Gasteiger partial charge in [0.2, 0.25) is 0 Å². The molecule has 0 atom stereocenters. The van der Waals surface area contributed by atoms with Crippen LogP contribution in [-0.4, -0.2) is 24.0 Å². The van der Waals surface area contributed by atoms with Gasteiger partial charge >= 0.3 is 5.97 Å². The zero-order valence-electron chi connectivity index (χ0n) is 7.11. The maximum Gasteiger partial charge on any atom is 0.358 e. The van der Waals surface area contributed by atoms with Crippen LogP contribution in [0.15, 0.2) is 12.3 Å². The molecule has 1 rings (SSSR count). The largest absolute Gasteiger partial charge is 0.545 e. The SMILES string of the molecule is COC(=O)c1ncc(C(=O)[O-])cc1Cl. The lowest BCUT2D eigenvalue weighted by atomic mass is 10.2. The Morgan fingerprint density at radius 2 is 2.21 bits per heavy atom. The third-order valence-corrected chi connectivity index (χ3v) is 1.74. The van der Waals surface area contributed by atoms with Crippen LogP contribution in [0, 0.1) is 0 Å². The molecule has 0 unspecified atom stereocenters. The summed E-state index contributed by atoms with van der Waals surface area (Å²) >= 11 is 5.59. The van der Waals surface area contributed by atoms with Crippen molar-refractivity contribution in [2.45, 2.75) is 0 Å². The van der Waals surface area contributed by atoms with Crippen molar-refractivity contribution in [2.75, 3.05) is 7.11 Å². The Balaban J connectivity index is 3.14. The number of carboxylic acid groups (broad SMARTS) is 1. The van der Waals surface area contributed by atoms with Crippen molar-refractivity contribution in [3.05, 3.63) is 28.5 Å². The highest BCUT2D eigenvalue weighted by atomic mass is 35.5. The highest BCUT2D eigenvalue weighted by molar-refractivity contribution is 6.33. The summed E-state index contributed by atoms with van der Waals surface area (Å²) in [7, 11) is 1.17. The summed E-state index contributed by atoms with van der Waals surface area (Å²) in [5, 5.41) is 10.3. The highest BCUT2D eigenvalue weighted by Gasteiger charge is 2.12. The molecular formula is C8H5ClNO4-. The molecule has 0 saturated carbocycles. The second kappa shape index (κ2) is 4.06. The number of hydrogen-bond donors (Lipinski definition) is 0. The highest BCUT2D eigenvalue weighted by Crippen LogP contribution is 2.15. The van der Waals surface area contributed by atoms with Gasteiger partial charge in [0, 0.05) is 11.8 Å². The van der Waals surface area contributed by atoms with Crippen molar-refractivity contribution in [3.63, 3.8) is 0 Å². The molecule has 74 valence electrons. The van der Waals surface area contributed by atoms with E-state index in [1.807, 2.05) is 0 Å². The molecule has 0 radical (unpaired) electrons. The minimum atomic E-state index is -1.41. The molecule has 1 aromatic rings. The minimum Gasteiger partial charge on any atom is -0.545 e. The van der Waals surface area contributed by atoms with Crippen LogP contribution in [0.1, 0.15) is 20.8 Å². The number of ether oxygens (including phenoxy) is 1. The maximum atomic E-state index is 11.0. The molecule has 0 aliphatic heterocycles. The van der Waals surface area contributed by atoms with Crippen molar-refractivity contribution in [3.8, 4) is 0 Å².